The molecule has 1 aromatic rings. The van der Waals surface area contributed by atoms with E-state index < -0.39 is 16.2 Å². The van der Waals surface area contributed by atoms with Crippen molar-refractivity contribution in [3.8, 4) is 0 Å². The maximum atomic E-state index is 10.8. The summed E-state index contributed by atoms with van der Waals surface area (Å²) < 4.78 is 27.1. The number of aromatic nitrogens is 1. The summed E-state index contributed by atoms with van der Waals surface area (Å²) in [6.07, 6.45) is 2.08. The molecule has 0 N–H and O–H groups in total. The molecular weight excluding hydrogens is 270 g/mol. The summed E-state index contributed by atoms with van der Waals surface area (Å²) in [4.78, 5) is 3.97. The minimum atomic E-state index is -3.42. The van der Waals surface area contributed by atoms with Crippen LogP contribution in [0.25, 0.3) is 0 Å². The van der Waals surface area contributed by atoms with Crippen LogP contribution in [0.4, 0.5) is 0 Å². The van der Waals surface area contributed by atoms with Gasteiger partial charge in [0, 0.05) is 11.8 Å². The first-order valence-corrected chi connectivity index (χ1v) is 6.49. The van der Waals surface area contributed by atoms with Crippen molar-refractivity contribution >= 4 is 26.0 Å². The molecule has 0 saturated heterocycles. The number of rotatable bonds is 3. The predicted molar refractivity (Wildman–Crippen MR) is 56.3 cm³/mol. The van der Waals surface area contributed by atoms with Crippen LogP contribution in [0.2, 0.25) is 0 Å². The minimum Gasteiger partial charge on any atom is -0.262 e. The van der Waals surface area contributed by atoms with Crippen molar-refractivity contribution in [2.24, 2.45) is 0 Å². The van der Waals surface area contributed by atoms with Gasteiger partial charge in [0.05, 0.1) is 6.26 Å². The van der Waals surface area contributed by atoms with Crippen molar-refractivity contribution in [2.45, 2.75) is 13.0 Å². The van der Waals surface area contributed by atoms with Crippen LogP contribution in [0.15, 0.2) is 22.9 Å². The van der Waals surface area contributed by atoms with Gasteiger partial charge in [0.1, 0.15) is 10.7 Å². The van der Waals surface area contributed by atoms with Crippen LogP contribution in [-0.4, -0.2) is 19.7 Å². The van der Waals surface area contributed by atoms with Crippen molar-refractivity contribution in [1.82, 2.24) is 4.98 Å². The van der Waals surface area contributed by atoms with E-state index in [1.165, 1.54) is 0 Å². The highest BCUT2D eigenvalue weighted by Gasteiger charge is 2.12. The fourth-order valence-corrected chi connectivity index (χ4v) is 1.82. The lowest BCUT2D eigenvalue weighted by Crippen LogP contribution is -2.07. The lowest BCUT2D eigenvalue weighted by Gasteiger charge is -2.10. The second kappa shape index (κ2) is 4.37. The molecule has 14 heavy (non-hydrogen) atoms. The summed E-state index contributed by atoms with van der Waals surface area (Å²) >= 11 is 3.19. The highest BCUT2D eigenvalue weighted by Crippen LogP contribution is 2.18. The van der Waals surface area contributed by atoms with Gasteiger partial charge < -0.3 is 0 Å². The normalized spacial score (nSPS) is 13.9. The molecule has 0 unspecified atom stereocenters. The maximum Gasteiger partial charge on any atom is 0.264 e. The lowest BCUT2D eigenvalue weighted by atomic mass is 10.2. The van der Waals surface area contributed by atoms with Gasteiger partial charge in [-0.25, -0.2) is 4.98 Å². The molecule has 4 nitrogen and oxygen atoms in total. The van der Waals surface area contributed by atoms with Gasteiger partial charge in [-0.15, -0.1) is 0 Å². The number of hydrogen-bond donors (Lipinski definition) is 0. The second-order valence-electron chi connectivity index (χ2n) is 2.86. The Kier molecular flexibility index (Phi) is 3.63. The average molecular weight is 280 g/mol. The first kappa shape index (κ1) is 11.6. The molecule has 1 aromatic heterocycles. The Bertz CT molecular complexity index is 401. The van der Waals surface area contributed by atoms with Crippen molar-refractivity contribution in [3.63, 3.8) is 0 Å². The highest BCUT2D eigenvalue weighted by molar-refractivity contribution is 9.10. The number of halogens is 1. The zero-order valence-corrected chi connectivity index (χ0v) is 10.2. The van der Waals surface area contributed by atoms with E-state index in [1.807, 2.05) is 0 Å². The van der Waals surface area contributed by atoms with Crippen LogP contribution in [0.1, 0.15) is 18.6 Å². The Labute approximate surface area is 91.6 Å². The third-order valence-electron chi connectivity index (χ3n) is 1.54. The first-order chi connectivity index (χ1) is 6.38. The van der Waals surface area contributed by atoms with E-state index in [4.69, 9.17) is 4.18 Å². The van der Waals surface area contributed by atoms with Gasteiger partial charge in [-0.2, -0.15) is 8.42 Å². The summed E-state index contributed by atoms with van der Waals surface area (Å²) in [7, 11) is -3.42. The molecule has 1 heterocycles. The number of hydrogen-bond acceptors (Lipinski definition) is 4. The van der Waals surface area contributed by atoms with Gasteiger partial charge in [0.25, 0.3) is 10.1 Å². The summed E-state index contributed by atoms with van der Waals surface area (Å²) in [5, 5.41) is 0. The van der Waals surface area contributed by atoms with Gasteiger partial charge in [0.2, 0.25) is 0 Å². The van der Waals surface area contributed by atoms with E-state index in [-0.39, 0.29) is 0 Å². The van der Waals surface area contributed by atoms with Crippen LogP contribution in [0.3, 0.4) is 0 Å². The average Bonchev–Trinajstić information content (AvgIpc) is 2.02. The Morgan fingerprint density at radius 1 is 1.50 bits per heavy atom. The molecule has 0 spiro atoms. The van der Waals surface area contributed by atoms with E-state index >= 15 is 0 Å². The topological polar surface area (TPSA) is 56.3 Å². The van der Waals surface area contributed by atoms with Crippen molar-refractivity contribution in [1.29, 1.82) is 0 Å². The van der Waals surface area contributed by atoms with Gasteiger partial charge in [0.15, 0.2) is 0 Å². The third-order valence-corrected chi connectivity index (χ3v) is 2.65. The van der Waals surface area contributed by atoms with E-state index in [2.05, 4.69) is 20.9 Å². The zero-order valence-electron chi connectivity index (χ0n) is 7.77. The zero-order chi connectivity index (χ0) is 10.8. The van der Waals surface area contributed by atoms with Gasteiger partial charge in [-0.1, -0.05) is 6.07 Å². The van der Waals surface area contributed by atoms with Crippen molar-refractivity contribution in [2.75, 3.05) is 6.26 Å². The van der Waals surface area contributed by atoms with Crippen LogP contribution >= 0.6 is 15.9 Å². The summed E-state index contributed by atoms with van der Waals surface area (Å²) in [5.74, 6) is 0. The molecule has 0 aliphatic carbocycles. The number of nitrogens with zero attached hydrogens (tertiary/aromatic N) is 1. The van der Waals surface area contributed by atoms with Gasteiger partial charge in [-0.3, -0.25) is 4.18 Å². The van der Waals surface area contributed by atoms with E-state index in [0.29, 0.717) is 4.60 Å². The molecule has 1 atom stereocenters. The van der Waals surface area contributed by atoms with Crippen LogP contribution in [0, 0.1) is 0 Å². The molecule has 1 rings (SSSR count). The second-order valence-corrected chi connectivity index (χ2v) is 5.27. The van der Waals surface area contributed by atoms with Crippen molar-refractivity contribution in [3.05, 3.63) is 28.5 Å². The Hall–Kier alpha value is -0.460. The Balaban J connectivity index is 2.80. The maximum absolute atomic E-state index is 10.8. The largest absolute Gasteiger partial charge is 0.264 e. The standard InChI is InChI=1S/C8H10BrNO3S/c1-6(13-14(2,11)12)7-3-4-8(9)10-5-7/h3-6H,1-2H3/t6-/m0/s1. The fourth-order valence-electron chi connectivity index (χ4n) is 0.945. The van der Waals surface area contributed by atoms with Gasteiger partial charge in [-0.05, 0) is 28.9 Å². The highest BCUT2D eigenvalue weighted by atomic mass is 79.9. The van der Waals surface area contributed by atoms with Crippen LogP contribution in [-0.2, 0) is 14.3 Å². The lowest BCUT2D eigenvalue weighted by molar-refractivity contribution is 0.236. The molecule has 0 radical (unpaired) electrons. The molecule has 0 fully saturated rings. The van der Waals surface area contributed by atoms with Crippen molar-refractivity contribution < 1.29 is 12.6 Å². The van der Waals surface area contributed by atoms with E-state index in [1.54, 1.807) is 25.3 Å². The van der Waals surface area contributed by atoms with Gasteiger partial charge >= 0.3 is 0 Å². The summed E-state index contributed by atoms with van der Waals surface area (Å²) in [6, 6.07) is 3.49. The molecule has 6 heteroatoms. The fraction of sp³-hybridized carbons (Fsp3) is 0.375. The molecular formula is C8H10BrNO3S. The smallest absolute Gasteiger partial charge is 0.262 e. The summed E-state index contributed by atoms with van der Waals surface area (Å²) in [5.41, 5.74) is 0.721. The SMILES string of the molecule is C[C@H](OS(C)(=O)=O)c1ccc(Br)nc1. The Morgan fingerprint density at radius 2 is 2.14 bits per heavy atom. The molecule has 0 saturated carbocycles. The molecule has 0 amide bonds. The molecule has 0 bridgehead atoms. The first-order valence-electron chi connectivity index (χ1n) is 3.88. The summed E-state index contributed by atoms with van der Waals surface area (Å²) in [6.45, 7) is 1.66. The monoisotopic (exact) mass is 279 g/mol. The predicted octanol–water partition coefficient (Wildman–Crippen LogP) is 1.88. The molecule has 0 aliphatic rings. The minimum absolute atomic E-state index is 0.509. The molecule has 0 aromatic carbocycles. The Morgan fingerprint density at radius 3 is 2.57 bits per heavy atom. The number of pyridine rings is 1. The van der Waals surface area contributed by atoms with Crippen LogP contribution < -0.4 is 0 Å². The molecule has 0 aliphatic heterocycles. The third kappa shape index (κ3) is 3.73. The van der Waals surface area contributed by atoms with Crippen LogP contribution in [0.5, 0.6) is 0 Å². The van der Waals surface area contributed by atoms with E-state index in [9.17, 15) is 8.42 Å². The molecule has 78 valence electrons. The quantitative estimate of drug-likeness (QED) is 0.626. The van der Waals surface area contributed by atoms with E-state index in [0.717, 1.165) is 11.8 Å².